The van der Waals surface area contributed by atoms with Crippen molar-refractivity contribution in [2.24, 2.45) is 11.5 Å². The normalized spacial score (nSPS) is 16.6. The first-order valence-corrected chi connectivity index (χ1v) is 16.2. The third kappa shape index (κ3) is 6.13. The van der Waals surface area contributed by atoms with Gasteiger partial charge in [0.2, 0.25) is 5.91 Å². The standard InChI is InChI=1S/C35H36F2N6O7/c1-3-19-20-12-18(49-16-23-25(36)10-17(11-26(23)37)41-31(44)27(38)6-5-9-40-34(39)47)7-8-28(20)42-30-21(19)14-43-29(30)13-24-22(32(43)45)15-50-33(46)35(24,48)4-2/h7-8,10-13,27,48H,3-6,9,14-16,38H2,1-2H3,(H,41,44)(H3,39,40,47)/t27-,35-/m0/s1. The minimum absolute atomic E-state index is 0.0337. The van der Waals surface area contributed by atoms with Crippen LogP contribution in [-0.2, 0) is 46.1 Å². The lowest BCUT2D eigenvalue weighted by Crippen LogP contribution is -2.44. The molecule has 0 spiro atoms. The van der Waals surface area contributed by atoms with Crippen LogP contribution in [0.1, 0.15) is 60.9 Å². The number of rotatable bonds is 11. The molecular formula is C35H36F2N6O7. The summed E-state index contributed by atoms with van der Waals surface area (Å²) in [4.78, 5) is 54.1. The molecule has 4 aromatic rings. The number of halogens is 2. The van der Waals surface area contributed by atoms with Gasteiger partial charge in [-0.3, -0.25) is 9.59 Å². The largest absolute Gasteiger partial charge is 0.489 e. The van der Waals surface area contributed by atoms with Gasteiger partial charge >= 0.3 is 12.0 Å². The van der Waals surface area contributed by atoms with Crippen LogP contribution in [-0.4, -0.2) is 45.2 Å². The summed E-state index contributed by atoms with van der Waals surface area (Å²) in [6.45, 7) is 3.38. The van der Waals surface area contributed by atoms with Crippen LogP contribution in [0.4, 0.5) is 19.3 Å². The van der Waals surface area contributed by atoms with E-state index in [4.69, 9.17) is 25.9 Å². The number of nitrogens with two attached hydrogens (primary N) is 2. The molecule has 0 bridgehead atoms. The Labute approximate surface area is 284 Å². The summed E-state index contributed by atoms with van der Waals surface area (Å²) in [6, 6.07) is 6.99. The summed E-state index contributed by atoms with van der Waals surface area (Å²) in [5.41, 5.74) is 11.9. The number of hydrogen-bond acceptors (Lipinski definition) is 9. The van der Waals surface area contributed by atoms with Crippen molar-refractivity contribution in [3.63, 3.8) is 0 Å². The highest BCUT2D eigenvalue weighted by molar-refractivity contribution is 5.94. The number of amides is 3. The maximum atomic E-state index is 15.0. The van der Waals surface area contributed by atoms with E-state index >= 15 is 8.78 Å². The van der Waals surface area contributed by atoms with Crippen molar-refractivity contribution in [2.75, 3.05) is 11.9 Å². The van der Waals surface area contributed by atoms with Crippen LogP contribution >= 0.6 is 0 Å². The highest BCUT2D eigenvalue weighted by atomic mass is 19.1. The fraction of sp³-hybridized carbons (Fsp3) is 0.343. The summed E-state index contributed by atoms with van der Waals surface area (Å²) in [5, 5.41) is 16.7. The molecule has 0 fully saturated rings. The monoisotopic (exact) mass is 690 g/mol. The summed E-state index contributed by atoms with van der Waals surface area (Å²) in [6.07, 6.45) is 1.19. The van der Waals surface area contributed by atoms with Crippen molar-refractivity contribution < 1.29 is 37.7 Å². The van der Waals surface area contributed by atoms with Gasteiger partial charge in [-0.25, -0.2) is 23.4 Å². The van der Waals surface area contributed by atoms with Gasteiger partial charge in [0.15, 0.2) is 5.60 Å². The maximum Gasteiger partial charge on any atom is 0.343 e. The number of anilines is 1. The number of aromatic nitrogens is 2. The molecule has 2 atom stereocenters. The number of carbonyl (C=O) groups excluding carboxylic acids is 3. The van der Waals surface area contributed by atoms with Gasteiger partial charge in [-0.05, 0) is 67.6 Å². The molecule has 0 radical (unpaired) electrons. The molecule has 3 amide bonds. The number of carbonyl (C=O) groups is 3. The molecule has 2 aliphatic rings. The summed E-state index contributed by atoms with van der Waals surface area (Å²) in [7, 11) is 0. The van der Waals surface area contributed by atoms with Crippen LogP contribution in [0.25, 0.3) is 22.3 Å². The maximum absolute atomic E-state index is 15.0. The second-order valence-electron chi connectivity index (χ2n) is 12.3. The Bertz CT molecular complexity index is 2100. The Morgan fingerprint density at radius 2 is 1.86 bits per heavy atom. The van der Waals surface area contributed by atoms with Crippen LogP contribution in [0.2, 0.25) is 0 Å². The minimum atomic E-state index is -1.94. The second kappa shape index (κ2) is 13.5. The molecule has 13 nitrogen and oxygen atoms in total. The van der Waals surface area contributed by atoms with E-state index in [0.29, 0.717) is 35.5 Å². The molecular weight excluding hydrogens is 654 g/mol. The fourth-order valence-electron chi connectivity index (χ4n) is 6.50. The number of fused-ring (bicyclic) bond motifs is 5. The van der Waals surface area contributed by atoms with Crippen LogP contribution < -0.4 is 32.4 Å². The number of urea groups is 1. The summed E-state index contributed by atoms with van der Waals surface area (Å²) in [5.74, 6) is -2.97. The lowest BCUT2D eigenvalue weighted by molar-refractivity contribution is -0.172. The first kappa shape index (κ1) is 34.5. The number of cyclic esters (lactones) is 1. The quantitative estimate of drug-likeness (QED) is 0.102. The average Bonchev–Trinajstić information content (AvgIpc) is 3.45. The van der Waals surface area contributed by atoms with Crippen molar-refractivity contribution in [2.45, 2.75) is 70.9 Å². The number of ether oxygens (including phenoxy) is 2. The van der Waals surface area contributed by atoms with Crippen molar-refractivity contribution in [1.29, 1.82) is 0 Å². The highest BCUT2D eigenvalue weighted by Crippen LogP contribution is 2.41. The van der Waals surface area contributed by atoms with Gasteiger partial charge in [-0.15, -0.1) is 0 Å². The highest BCUT2D eigenvalue weighted by Gasteiger charge is 2.45. The topological polar surface area (TPSA) is 201 Å². The molecule has 2 aromatic carbocycles. The lowest BCUT2D eigenvalue weighted by Gasteiger charge is -2.31. The molecule has 50 heavy (non-hydrogen) atoms. The van der Waals surface area contributed by atoms with E-state index in [9.17, 15) is 24.3 Å². The molecule has 0 unspecified atom stereocenters. The van der Waals surface area contributed by atoms with Gasteiger partial charge in [-0.2, -0.15) is 0 Å². The van der Waals surface area contributed by atoms with Gasteiger partial charge in [0.05, 0.1) is 40.6 Å². The van der Waals surface area contributed by atoms with Crippen molar-refractivity contribution >= 4 is 34.5 Å². The molecule has 4 heterocycles. The Morgan fingerprint density at radius 1 is 1.12 bits per heavy atom. The molecule has 2 aliphatic heterocycles. The van der Waals surface area contributed by atoms with Gasteiger partial charge in [0.25, 0.3) is 5.56 Å². The summed E-state index contributed by atoms with van der Waals surface area (Å²) >= 11 is 0. The Hall–Kier alpha value is -5.41. The van der Waals surface area contributed by atoms with Gasteiger partial charge in [-0.1, -0.05) is 13.8 Å². The van der Waals surface area contributed by atoms with Gasteiger partial charge < -0.3 is 41.2 Å². The molecule has 0 saturated carbocycles. The molecule has 0 saturated heterocycles. The molecule has 2 aromatic heterocycles. The predicted octanol–water partition coefficient (Wildman–Crippen LogP) is 3.21. The van der Waals surface area contributed by atoms with Gasteiger partial charge in [0.1, 0.15) is 30.6 Å². The number of benzene rings is 2. The number of nitrogens with one attached hydrogen (secondary N) is 2. The van der Waals surface area contributed by atoms with Crippen molar-refractivity contribution in [1.82, 2.24) is 14.9 Å². The van der Waals surface area contributed by atoms with E-state index in [1.807, 2.05) is 6.92 Å². The van der Waals surface area contributed by atoms with E-state index in [1.54, 1.807) is 35.8 Å². The van der Waals surface area contributed by atoms with E-state index in [0.717, 1.165) is 28.6 Å². The number of esters is 1. The Balaban J connectivity index is 1.21. The Morgan fingerprint density at radius 3 is 2.54 bits per heavy atom. The third-order valence-electron chi connectivity index (χ3n) is 9.25. The van der Waals surface area contributed by atoms with Crippen molar-refractivity contribution in [3.05, 3.63) is 86.2 Å². The molecule has 0 aliphatic carbocycles. The van der Waals surface area contributed by atoms with E-state index in [2.05, 4.69) is 10.6 Å². The number of pyridine rings is 2. The zero-order valence-electron chi connectivity index (χ0n) is 27.4. The number of aryl methyl sites for hydroxylation is 1. The molecule has 15 heteroatoms. The first-order valence-electron chi connectivity index (χ1n) is 16.2. The zero-order chi connectivity index (χ0) is 35.9. The van der Waals surface area contributed by atoms with E-state index in [1.165, 1.54) is 0 Å². The first-order chi connectivity index (χ1) is 23.9. The molecule has 7 N–H and O–H groups in total. The summed E-state index contributed by atoms with van der Waals surface area (Å²) < 4.78 is 42.6. The number of primary amides is 1. The Kier molecular flexibility index (Phi) is 9.29. The third-order valence-corrected chi connectivity index (χ3v) is 9.25. The number of hydrogen-bond donors (Lipinski definition) is 5. The number of nitrogens with zero attached hydrogens (tertiary/aromatic N) is 2. The van der Waals surface area contributed by atoms with Crippen LogP contribution in [0.3, 0.4) is 0 Å². The fourth-order valence-corrected chi connectivity index (χ4v) is 6.50. The predicted molar refractivity (Wildman–Crippen MR) is 178 cm³/mol. The smallest absolute Gasteiger partial charge is 0.343 e. The molecule has 262 valence electrons. The van der Waals surface area contributed by atoms with Gasteiger partial charge in [0, 0.05) is 28.7 Å². The van der Waals surface area contributed by atoms with E-state index in [-0.39, 0.29) is 60.5 Å². The zero-order valence-corrected chi connectivity index (χ0v) is 27.4. The second-order valence-corrected chi connectivity index (χ2v) is 12.3. The minimum Gasteiger partial charge on any atom is -0.489 e. The molecule has 6 rings (SSSR count). The van der Waals surface area contributed by atoms with E-state index < -0.39 is 47.8 Å². The van der Waals surface area contributed by atoms with Crippen molar-refractivity contribution in [3.8, 4) is 17.1 Å². The average molecular weight is 691 g/mol. The van der Waals surface area contributed by atoms with Crippen LogP contribution in [0, 0.1) is 11.6 Å². The number of aliphatic hydroxyl groups is 1. The SMILES string of the molecule is CCc1c2c(nc3ccc(OCc4c(F)cc(NC(=O)[C@@H](N)CCCNC(N)=O)cc4F)cc13)-c1cc3c(c(=O)n1C2)COC(=O)[C@]3(O)CC. The lowest BCUT2D eigenvalue weighted by atomic mass is 9.86. The van der Waals surface area contributed by atoms with Crippen LogP contribution in [0.15, 0.2) is 41.2 Å². The van der Waals surface area contributed by atoms with Crippen LogP contribution in [0.5, 0.6) is 5.75 Å².